The van der Waals surface area contributed by atoms with Crippen molar-refractivity contribution in [3.8, 4) is 0 Å². The number of carbonyl (C=O) groups is 1. The number of nitrogens with zero attached hydrogens (tertiary/aromatic N) is 3. The second-order valence-electron chi connectivity index (χ2n) is 8.00. The lowest BCUT2D eigenvalue weighted by atomic mass is 10.2. The van der Waals surface area contributed by atoms with Gasteiger partial charge >= 0.3 is 0 Å². The van der Waals surface area contributed by atoms with Crippen LogP contribution in [0, 0.1) is 0 Å². The number of fused-ring (bicyclic) bond motifs is 1. The van der Waals surface area contributed by atoms with Crippen LogP contribution < -0.4 is 4.80 Å². The smallest absolute Gasteiger partial charge is 0.279 e. The van der Waals surface area contributed by atoms with E-state index in [9.17, 15) is 13.2 Å². The van der Waals surface area contributed by atoms with Gasteiger partial charge in [0.2, 0.25) is 10.0 Å². The first-order valence-electron chi connectivity index (χ1n) is 11.3. The molecule has 0 bridgehead atoms. The maximum absolute atomic E-state index is 13.2. The molecule has 0 aliphatic carbocycles. The molecular formula is C26H26ClN3O4S2. The van der Waals surface area contributed by atoms with Gasteiger partial charge in [-0.15, -0.1) is 0 Å². The van der Waals surface area contributed by atoms with Crippen molar-refractivity contribution in [1.29, 1.82) is 0 Å². The van der Waals surface area contributed by atoms with Crippen LogP contribution in [-0.4, -0.2) is 43.5 Å². The first kappa shape index (κ1) is 26.2. The second-order valence-corrected chi connectivity index (χ2v) is 11.4. The number of sulfonamides is 1. The number of thiazole rings is 1. The summed E-state index contributed by atoms with van der Waals surface area (Å²) in [6.07, 6.45) is 0. The Kier molecular flexibility index (Phi) is 8.38. The van der Waals surface area contributed by atoms with Crippen LogP contribution >= 0.6 is 22.9 Å². The van der Waals surface area contributed by atoms with Crippen LogP contribution in [0.3, 0.4) is 0 Å². The number of halogens is 1. The SMILES string of the molecule is CCN(Cc1ccccc1)S(=O)(=O)c1ccc(C(=O)N=c2sc3cc(Cl)ccc3n2CCOC)cc1. The zero-order valence-electron chi connectivity index (χ0n) is 19.9. The fourth-order valence-corrected chi connectivity index (χ4v) is 6.52. The average Bonchev–Trinajstić information content (AvgIpc) is 3.22. The fourth-order valence-electron chi connectivity index (χ4n) is 3.75. The van der Waals surface area contributed by atoms with Crippen LogP contribution in [0.4, 0.5) is 0 Å². The van der Waals surface area contributed by atoms with Crippen LogP contribution in [-0.2, 0) is 27.8 Å². The molecule has 0 unspecified atom stereocenters. The summed E-state index contributed by atoms with van der Waals surface area (Å²) in [4.78, 5) is 18.0. The van der Waals surface area contributed by atoms with E-state index in [0.717, 1.165) is 15.8 Å². The summed E-state index contributed by atoms with van der Waals surface area (Å²) in [5, 5.41) is 0.603. The maximum atomic E-state index is 13.2. The highest BCUT2D eigenvalue weighted by Gasteiger charge is 2.23. The van der Waals surface area contributed by atoms with Crippen molar-refractivity contribution in [3.63, 3.8) is 0 Å². The van der Waals surface area contributed by atoms with Gasteiger partial charge in [0, 0.05) is 37.3 Å². The molecular weight excluding hydrogens is 518 g/mol. The van der Waals surface area contributed by atoms with E-state index in [2.05, 4.69) is 4.99 Å². The minimum Gasteiger partial charge on any atom is -0.383 e. The molecule has 36 heavy (non-hydrogen) atoms. The van der Waals surface area contributed by atoms with E-state index in [1.165, 1.54) is 39.9 Å². The normalized spacial score (nSPS) is 12.5. The van der Waals surface area contributed by atoms with Gasteiger partial charge in [-0.1, -0.05) is 60.2 Å². The molecule has 7 nitrogen and oxygen atoms in total. The summed E-state index contributed by atoms with van der Waals surface area (Å²) >= 11 is 7.50. The van der Waals surface area contributed by atoms with Crippen LogP contribution in [0.2, 0.25) is 5.02 Å². The molecule has 0 N–H and O–H groups in total. The van der Waals surface area contributed by atoms with E-state index in [4.69, 9.17) is 16.3 Å². The number of benzene rings is 3. The Morgan fingerprint density at radius 3 is 2.47 bits per heavy atom. The third kappa shape index (κ3) is 5.77. The van der Waals surface area contributed by atoms with Gasteiger partial charge < -0.3 is 9.30 Å². The Bertz CT molecular complexity index is 1530. The molecule has 0 fully saturated rings. The van der Waals surface area contributed by atoms with Crippen LogP contribution in [0.25, 0.3) is 10.2 Å². The standard InChI is InChI=1S/C26H26ClN3O4S2/c1-3-29(18-19-7-5-4-6-8-19)36(32,33)22-12-9-20(10-13-22)25(31)28-26-30(15-16-34-2)23-14-11-21(27)17-24(23)35-26/h4-14,17H,3,15-16,18H2,1-2H3. The number of carbonyl (C=O) groups excluding carboxylic acids is 1. The molecule has 1 heterocycles. The predicted molar refractivity (Wildman–Crippen MR) is 143 cm³/mol. The molecule has 0 saturated carbocycles. The fraction of sp³-hybridized carbons (Fsp3) is 0.231. The first-order chi connectivity index (χ1) is 17.3. The molecule has 0 spiro atoms. The van der Waals surface area contributed by atoms with Crippen molar-refractivity contribution in [1.82, 2.24) is 8.87 Å². The third-order valence-electron chi connectivity index (χ3n) is 5.65. The molecule has 188 valence electrons. The molecule has 3 aromatic carbocycles. The molecule has 0 radical (unpaired) electrons. The van der Waals surface area contributed by atoms with Crippen molar-refractivity contribution >= 4 is 49.1 Å². The number of aromatic nitrogens is 1. The topological polar surface area (TPSA) is 81.0 Å². The second kappa shape index (κ2) is 11.5. The first-order valence-corrected chi connectivity index (χ1v) is 14.0. The molecule has 10 heteroatoms. The highest BCUT2D eigenvalue weighted by molar-refractivity contribution is 7.89. The van der Waals surface area contributed by atoms with E-state index in [1.54, 1.807) is 20.1 Å². The van der Waals surface area contributed by atoms with E-state index < -0.39 is 15.9 Å². The van der Waals surface area contributed by atoms with Gasteiger partial charge in [0.15, 0.2) is 4.80 Å². The summed E-state index contributed by atoms with van der Waals surface area (Å²) < 4.78 is 35.9. The molecule has 4 aromatic rings. The molecule has 1 amide bonds. The molecule has 0 aliphatic heterocycles. The summed E-state index contributed by atoms with van der Waals surface area (Å²) in [5.41, 5.74) is 2.11. The summed E-state index contributed by atoms with van der Waals surface area (Å²) in [6, 6.07) is 20.9. The lowest BCUT2D eigenvalue weighted by molar-refractivity contribution is 0.0997. The molecule has 1 aromatic heterocycles. The van der Waals surface area contributed by atoms with Crippen LogP contribution in [0.15, 0.2) is 82.7 Å². The van der Waals surface area contributed by atoms with Crippen molar-refractivity contribution in [2.24, 2.45) is 4.99 Å². The Balaban J connectivity index is 1.61. The largest absolute Gasteiger partial charge is 0.383 e. The van der Waals surface area contributed by atoms with Crippen molar-refractivity contribution in [2.75, 3.05) is 20.3 Å². The summed E-state index contributed by atoms with van der Waals surface area (Å²) in [5.74, 6) is -0.459. The number of amides is 1. The number of hydrogen-bond donors (Lipinski definition) is 0. The number of rotatable bonds is 9. The van der Waals surface area contributed by atoms with Crippen molar-refractivity contribution < 1.29 is 17.9 Å². The average molecular weight is 544 g/mol. The monoisotopic (exact) mass is 543 g/mol. The number of hydrogen-bond acceptors (Lipinski definition) is 5. The Labute approximate surface area is 219 Å². The van der Waals surface area contributed by atoms with Gasteiger partial charge in [0.05, 0.1) is 21.7 Å². The van der Waals surface area contributed by atoms with Crippen LogP contribution in [0.1, 0.15) is 22.8 Å². The Morgan fingerprint density at radius 2 is 1.81 bits per heavy atom. The van der Waals surface area contributed by atoms with E-state index in [1.807, 2.05) is 47.0 Å². The minimum atomic E-state index is -3.73. The lowest BCUT2D eigenvalue weighted by Gasteiger charge is -2.20. The summed E-state index contributed by atoms with van der Waals surface area (Å²) in [6.45, 7) is 3.38. The van der Waals surface area contributed by atoms with Gasteiger partial charge in [0.1, 0.15) is 0 Å². The molecule has 4 rings (SSSR count). The Hall–Kier alpha value is -2.82. The number of methoxy groups -OCH3 is 1. The molecule has 0 atom stereocenters. The van der Waals surface area contributed by atoms with Crippen molar-refractivity contribution in [3.05, 3.63) is 93.7 Å². The minimum absolute atomic E-state index is 0.128. The van der Waals surface area contributed by atoms with Gasteiger partial charge in [-0.2, -0.15) is 9.30 Å². The summed E-state index contributed by atoms with van der Waals surface area (Å²) in [7, 11) is -2.11. The highest BCUT2D eigenvalue weighted by atomic mass is 35.5. The van der Waals surface area contributed by atoms with E-state index >= 15 is 0 Å². The highest BCUT2D eigenvalue weighted by Crippen LogP contribution is 2.23. The van der Waals surface area contributed by atoms with E-state index in [0.29, 0.717) is 35.1 Å². The van der Waals surface area contributed by atoms with Crippen molar-refractivity contribution in [2.45, 2.75) is 24.9 Å². The van der Waals surface area contributed by atoms with Gasteiger partial charge in [-0.3, -0.25) is 4.79 Å². The zero-order valence-corrected chi connectivity index (χ0v) is 22.3. The van der Waals surface area contributed by atoms with Gasteiger partial charge in [0.25, 0.3) is 5.91 Å². The van der Waals surface area contributed by atoms with E-state index in [-0.39, 0.29) is 11.4 Å². The predicted octanol–water partition coefficient (Wildman–Crippen LogP) is 4.95. The van der Waals surface area contributed by atoms with Crippen LogP contribution in [0.5, 0.6) is 0 Å². The maximum Gasteiger partial charge on any atom is 0.279 e. The quantitative estimate of drug-likeness (QED) is 0.299. The lowest BCUT2D eigenvalue weighted by Crippen LogP contribution is -2.30. The zero-order chi connectivity index (χ0) is 25.7. The third-order valence-corrected chi connectivity index (χ3v) is 8.87. The molecule has 0 aliphatic rings. The number of ether oxygens (including phenoxy) is 1. The Morgan fingerprint density at radius 1 is 1.08 bits per heavy atom. The molecule has 0 saturated heterocycles. The van der Waals surface area contributed by atoms with Gasteiger partial charge in [-0.05, 0) is 48.0 Å². The van der Waals surface area contributed by atoms with Gasteiger partial charge in [-0.25, -0.2) is 8.42 Å².